The molecule has 1 aliphatic carbocycles. The number of aromatic nitrogens is 2. The van der Waals surface area contributed by atoms with Crippen molar-refractivity contribution < 1.29 is 14.6 Å². The molecule has 5 nitrogen and oxygen atoms in total. The molecule has 2 aliphatic heterocycles. The molecule has 0 radical (unpaired) electrons. The van der Waals surface area contributed by atoms with Crippen molar-refractivity contribution >= 4 is 17.2 Å². The van der Waals surface area contributed by atoms with Gasteiger partial charge in [-0.05, 0) is 44.0 Å². The van der Waals surface area contributed by atoms with Gasteiger partial charge in [0.15, 0.2) is 5.82 Å². The molecule has 1 aromatic carbocycles. The van der Waals surface area contributed by atoms with Crippen LogP contribution in [0.15, 0.2) is 83.5 Å². The zero-order valence-electron chi connectivity index (χ0n) is 17.5. The Bertz CT molecular complexity index is 1260. The maximum atomic E-state index is 15.0. The topological polar surface area (TPSA) is 69.5 Å². The number of hydrogen-bond donors (Lipinski definition) is 2. The molecule has 3 aliphatic rings. The molecular formula is C25H21ClFN3O2. The first kappa shape index (κ1) is 20.9. The summed E-state index contributed by atoms with van der Waals surface area (Å²) in [6, 6.07) is 7.57. The van der Waals surface area contributed by atoms with Crippen molar-refractivity contribution in [1.29, 1.82) is 0 Å². The standard InChI is InChI=1S/C25H21ClFN3O2/c1-25(2,32)24-28-11-15(12-29-24)20-13-30-17(9-21(20)27)6-7-18-22(31)10-19(23(18)30)14-4-3-5-16(26)8-14/h3-5,7-9,11-13,19,22,31-32H,10H2,1-2H3. The predicted molar refractivity (Wildman–Crippen MR) is 120 cm³/mol. The quantitative estimate of drug-likeness (QED) is 0.663. The van der Waals surface area contributed by atoms with E-state index in [9.17, 15) is 10.2 Å². The second-order valence-corrected chi connectivity index (χ2v) is 9.07. The van der Waals surface area contributed by atoms with Gasteiger partial charge in [0.05, 0.1) is 11.8 Å². The molecule has 0 fully saturated rings. The predicted octanol–water partition coefficient (Wildman–Crippen LogP) is 4.72. The van der Waals surface area contributed by atoms with E-state index in [4.69, 9.17) is 11.6 Å². The van der Waals surface area contributed by atoms with E-state index < -0.39 is 17.5 Å². The molecule has 2 N–H and O–H groups in total. The summed E-state index contributed by atoms with van der Waals surface area (Å²) in [6.07, 6.45) is 7.70. The van der Waals surface area contributed by atoms with Crippen molar-refractivity contribution in [2.75, 3.05) is 0 Å². The number of aliphatic hydroxyl groups excluding tert-OH is 1. The van der Waals surface area contributed by atoms with Crippen LogP contribution < -0.4 is 0 Å². The fourth-order valence-electron chi connectivity index (χ4n) is 4.31. The zero-order valence-corrected chi connectivity index (χ0v) is 18.3. The molecule has 7 heteroatoms. The van der Waals surface area contributed by atoms with E-state index in [0.29, 0.717) is 28.3 Å². The van der Waals surface area contributed by atoms with Gasteiger partial charge in [0.2, 0.25) is 0 Å². The number of fused-ring (bicyclic) bond motifs is 2. The number of benzene rings is 1. The van der Waals surface area contributed by atoms with E-state index in [1.54, 1.807) is 26.1 Å². The van der Waals surface area contributed by atoms with Gasteiger partial charge in [-0.15, -0.1) is 0 Å². The molecule has 0 spiro atoms. The lowest BCUT2D eigenvalue weighted by Crippen LogP contribution is -2.24. The maximum Gasteiger partial charge on any atom is 0.159 e. The smallest absolute Gasteiger partial charge is 0.159 e. The molecule has 2 aromatic rings. The molecule has 32 heavy (non-hydrogen) atoms. The van der Waals surface area contributed by atoms with Crippen LogP contribution in [-0.4, -0.2) is 31.2 Å². The first-order valence-corrected chi connectivity index (χ1v) is 10.7. The SMILES string of the molecule is CC(C)(O)c1ncc(C2=CN3C(=C=CC4=C3C(c3cccc(Cl)c3)CC4O)C=C2F)cn1. The lowest BCUT2D eigenvalue weighted by molar-refractivity contribution is 0.0686. The van der Waals surface area contributed by atoms with Gasteiger partial charge >= 0.3 is 0 Å². The molecule has 2 unspecified atom stereocenters. The number of hydrogen-bond acceptors (Lipinski definition) is 5. The number of allylic oxidation sites excluding steroid dienone is 3. The maximum absolute atomic E-state index is 15.0. The van der Waals surface area contributed by atoms with Crippen LogP contribution in [0.1, 0.15) is 43.1 Å². The Kier molecular flexibility index (Phi) is 4.91. The van der Waals surface area contributed by atoms with E-state index >= 15 is 4.39 Å². The molecule has 2 atom stereocenters. The highest BCUT2D eigenvalue weighted by Gasteiger charge is 2.39. The van der Waals surface area contributed by atoms with E-state index in [-0.39, 0.29) is 11.7 Å². The highest BCUT2D eigenvalue weighted by Crippen LogP contribution is 2.47. The molecule has 3 heterocycles. The summed E-state index contributed by atoms with van der Waals surface area (Å²) < 4.78 is 15.0. The Morgan fingerprint density at radius 3 is 2.69 bits per heavy atom. The van der Waals surface area contributed by atoms with Crippen LogP contribution in [0.2, 0.25) is 5.02 Å². The second-order valence-electron chi connectivity index (χ2n) is 8.63. The summed E-state index contributed by atoms with van der Waals surface area (Å²) in [5, 5.41) is 21.4. The minimum Gasteiger partial charge on any atom is -0.388 e. The molecule has 5 rings (SSSR count). The van der Waals surface area contributed by atoms with Crippen molar-refractivity contribution in [3.63, 3.8) is 0 Å². The minimum absolute atomic E-state index is 0.104. The molecule has 0 saturated heterocycles. The average Bonchev–Trinajstić information content (AvgIpc) is 3.09. The Morgan fingerprint density at radius 1 is 1.25 bits per heavy atom. The third-order valence-electron chi connectivity index (χ3n) is 5.88. The van der Waals surface area contributed by atoms with Crippen molar-refractivity contribution in [3.8, 4) is 0 Å². The van der Waals surface area contributed by atoms with Gasteiger partial charge in [0.1, 0.15) is 11.4 Å². The summed E-state index contributed by atoms with van der Waals surface area (Å²) in [6.45, 7) is 3.18. The Morgan fingerprint density at radius 2 is 2.00 bits per heavy atom. The van der Waals surface area contributed by atoms with Gasteiger partial charge in [-0.1, -0.05) is 29.5 Å². The Balaban J connectivity index is 1.58. The third kappa shape index (κ3) is 3.51. The summed E-state index contributed by atoms with van der Waals surface area (Å²) in [5.41, 5.74) is 5.88. The van der Waals surface area contributed by atoms with E-state index in [0.717, 1.165) is 16.8 Å². The third-order valence-corrected chi connectivity index (χ3v) is 6.11. The van der Waals surface area contributed by atoms with Crippen LogP contribution in [0.25, 0.3) is 5.57 Å². The van der Waals surface area contributed by atoms with Gasteiger partial charge in [-0.25, -0.2) is 14.4 Å². The fraction of sp³-hybridized carbons (Fsp3) is 0.240. The fourth-order valence-corrected chi connectivity index (χ4v) is 4.51. The minimum atomic E-state index is -1.19. The summed E-state index contributed by atoms with van der Waals surface area (Å²) in [5.74, 6) is -0.278. The van der Waals surface area contributed by atoms with E-state index in [1.807, 2.05) is 29.2 Å². The normalized spacial score (nSPS) is 22.3. The first-order valence-electron chi connectivity index (χ1n) is 10.3. The number of halogens is 2. The Labute approximate surface area is 190 Å². The molecule has 0 amide bonds. The Hall–Kier alpha value is -3.02. The van der Waals surface area contributed by atoms with Crippen LogP contribution in [0.5, 0.6) is 0 Å². The van der Waals surface area contributed by atoms with Crippen LogP contribution in [0.4, 0.5) is 4.39 Å². The molecule has 1 aromatic heterocycles. The monoisotopic (exact) mass is 449 g/mol. The van der Waals surface area contributed by atoms with Crippen LogP contribution in [-0.2, 0) is 5.60 Å². The lowest BCUT2D eigenvalue weighted by Gasteiger charge is -2.32. The molecule has 0 bridgehead atoms. The number of aliphatic hydroxyl groups is 2. The van der Waals surface area contributed by atoms with Gasteiger partial charge in [-0.2, -0.15) is 0 Å². The molecule has 162 valence electrons. The molecular weight excluding hydrogens is 429 g/mol. The largest absolute Gasteiger partial charge is 0.388 e. The summed E-state index contributed by atoms with van der Waals surface area (Å²) in [4.78, 5) is 10.3. The molecule has 0 saturated carbocycles. The van der Waals surface area contributed by atoms with Crippen molar-refractivity contribution in [3.05, 3.63) is 106 Å². The summed E-state index contributed by atoms with van der Waals surface area (Å²) >= 11 is 6.22. The first-order chi connectivity index (χ1) is 15.2. The van der Waals surface area contributed by atoms with Crippen molar-refractivity contribution in [2.45, 2.75) is 37.9 Å². The lowest BCUT2D eigenvalue weighted by atomic mass is 9.93. The van der Waals surface area contributed by atoms with Crippen LogP contribution in [0, 0.1) is 0 Å². The van der Waals surface area contributed by atoms with Gasteiger partial charge in [-0.3, -0.25) is 0 Å². The van der Waals surface area contributed by atoms with Gasteiger partial charge < -0.3 is 15.1 Å². The van der Waals surface area contributed by atoms with Crippen molar-refractivity contribution in [2.24, 2.45) is 0 Å². The highest BCUT2D eigenvalue weighted by molar-refractivity contribution is 6.30. The highest BCUT2D eigenvalue weighted by atomic mass is 35.5. The average molecular weight is 450 g/mol. The van der Waals surface area contributed by atoms with E-state index in [2.05, 4.69) is 15.7 Å². The van der Waals surface area contributed by atoms with E-state index in [1.165, 1.54) is 18.5 Å². The number of rotatable bonds is 3. The number of nitrogens with zero attached hydrogens (tertiary/aromatic N) is 3. The zero-order chi connectivity index (χ0) is 22.6. The van der Waals surface area contributed by atoms with Crippen molar-refractivity contribution in [1.82, 2.24) is 14.9 Å². The van der Waals surface area contributed by atoms with Gasteiger partial charge in [0.25, 0.3) is 0 Å². The summed E-state index contributed by atoms with van der Waals surface area (Å²) in [7, 11) is 0. The van der Waals surface area contributed by atoms with Crippen LogP contribution in [0.3, 0.4) is 0 Å². The van der Waals surface area contributed by atoms with Gasteiger partial charge in [0, 0.05) is 58.0 Å². The second kappa shape index (κ2) is 7.54. The van der Waals surface area contributed by atoms with Crippen LogP contribution >= 0.6 is 11.6 Å².